The number of hydrogen-bond donors (Lipinski definition) is 6. The summed E-state index contributed by atoms with van der Waals surface area (Å²) in [6.07, 6.45) is 84.9. The van der Waals surface area contributed by atoms with Crippen LogP contribution >= 0.6 is 0 Å². The number of carbonyl (C=O) groups is 1. The Hall–Kier alpha value is -3.93. The van der Waals surface area contributed by atoms with Gasteiger partial charge in [0.25, 0.3) is 0 Å². The van der Waals surface area contributed by atoms with Gasteiger partial charge in [0, 0.05) is 6.42 Å². The number of nitrogens with one attached hydrogen (secondary N) is 1. The van der Waals surface area contributed by atoms with Crippen molar-refractivity contribution in [1.82, 2.24) is 5.32 Å². The van der Waals surface area contributed by atoms with E-state index in [1.54, 1.807) is 6.08 Å². The van der Waals surface area contributed by atoms with Gasteiger partial charge in [-0.25, -0.2) is 0 Å². The van der Waals surface area contributed by atoms with E-state index in [0.29, 0.717) is 6.42 Å². The molecule has 0 aromatic carbocycles. The van der Waals surface area contributed by atoms with E-state index in [9.17, 15) is 30.3 Å². The molecule has 0 spiro atoms. The maximum Gasteiger partial charge on any atom is 0.220 e. The van der Waals surface area contributed by atoms with Gasteiger partial charge in [0.15, 0.2) is 6.29 Å². The topological polar surface area (TPSA) is 149 Å². The van der Waals surface area contributed by atoms with Gasteiger partial charge in [-0.15, -0.1) is 0 Å². The van der Waals surface area contributed by atoms with Crippen LogP contribution in [0.4, 0.5) is 0 Å². The Kier molecular flexibility index (Phi) is 54.9. The lowest BCUT2D eigenvalue weighted by molar-refractivity contribution is -0.302. The SMILES string of the molecule is CC/C=C\C/C=C\C/C=C\C/C=C\C/C=C\C/C=C\C/C=C\C/C=C\C/C=C\CCCCCCCCCC(=O)NC(COC1OC(CO)C(O)C(O)C1O)C(O)/C=C/CC/C=C/CC/C=C/CCCCCCCCCCCCCCC. The van der Waals surface area contributed by atoms with E-state index < -0.39 is 49.5 Å². The van der Waals surface area contributed by atoms with Gasteiger partial charge in [-0.3, -0.25) is 4.79 Å². The van der Waals surface area contributed by atoms with Crippen molar-refractivity contribution >= 4 is 5.91 Å². The lowest BCUT2D eigenvalue weighted by Crippen LogP contribution is -2.60. The summed E-state index contributed by atoms with van der Waals surface area (Å²) in [5.74, 6) is -0.207. The standard InChI is InChI=1S/C72H119NO8/c1-3-5-7-9-11-13-15-17-19-21-23-25-27-28-29-30-31-32-33-34-35-36-37-38-40-42-44-46-48-50-52-54-56-58-60-62-68(76)73-65(64-80-72-71(79)70(78)69(77)67(63-74)81-72)66(75)61-59-57-55-53-51-49-47-45-43-41-39-26-24-22-20-18-16-14-12-10-8-6-4-2/h5,7,11,13,17,19,23,25,28-29,31-32,34-35,37-38,42-45,51,53,59,61,65-67,69-72,74-75,77-79H,3-4,6,8-10,12,14-16,18,20-22,24,26-27,30,33,36,39-41,46-50,52,54-58,60,62-64H2,1-2H3,(H,73,76)/b7-5-,13-11-,19-17-,25-23-,29-28-,32-31-,35-34-,38-37-,44-42-,45-43+,53-51+,61-59+. The van der Waals surface area contributed by atoms with Crippen molar-refractivity contribution < 1.29 is 39.8 Å². The fraction of sp³-hybridized carbons (Fsp3) is 0.653. The van der Waals surface area contributed by atoms with Crippen LogP contribution in [0.15, 0.2) is 146 Å². The molecule has 0 aliphatic carbocycles. The average molecular weight is 1130 g/mol. The summed E-state index contributed by atoms with van der Waals surface area (Å²) < 4.78 is 11.3. The number of hydrogen-bond acceptors (Lipinski definition) is 8. The molecule has 0 aromatic rings. The van der Waals surface area contributed by atoms with Gasteiger partial charge in [-0.1, -0.05) is 269 Å². The lowest BCUT2D eigenvalue weighted by Gasteiger charge is -2.40. The van der Waals surface area contributed by atoms with Gasteiger partial charge < -0.3 is 40.3 Å². The van der Waals surface area contributed by atoms with Gasteiger partial charge in [-0.05, 0) is 116 Å². The fourth-order valence-corrected chi connectivity index (χ4v) is 9.30. The molecule has 460 valence electrons. The molecule has 0 bridgehead atoms. The van der Waals surface area contributed by atoms with Crippen molar-refractivity contribution in [3.63, 3.8) is 0 Å². The molecule has 0 radical (unpaired) electrons. The van der Waals surface area contributed by atoms with E-state index in [1.807, 2.05) is 6.08 Å². The Balaban J connectivity index is 2.24. The van der Waals surface area contributed by atoms with Crippen LogP contribution in [-0.2, 0) is 14.3 Å². The summed E-state index contributed by atoms with van der Waals surface area (Å²) in [7, 11) is 0. The van der Waals surface area contributed by atoms with E-state index in [0.717, 1.165) is 122 Å². The third-order valence-corrected chi connectivity index (χ3v) is 14.4. The van der Waals surface area contributed by atoms with Gasteiger partial charge in [0.1, 0.15) is 24.4 Å². The Morgan fingerprint density at radius 2 is 0.778 bits per heavy atom. The first-order valence-electron chi connectivity index (χ1n) is 32.6. The minimum Gasteiger partial charge on any atom is -0.394 e. The normalized spacial score (nSPS) is 19.4. The summed E-state index contributed by atoms with van der Waals surface area (Å²) in [5.41, 5.74) is 0. The third-order valence-electron chi connectivity index (χ3n) is 14.4. The molecule has 9 nitrogen and oxygen atoms in total. The molecule has 6 N–H and O–H groups in total. The number of carbonyl (C=O) groups excluding carboxylic acids is 1. The summed E-state index contributed by atoms with van der Waals surface area (Å²) in [5, 5.41) is 54.6. The van der Waals surface area contributed by atoms with Crippen LogP contribution in [-0.4, -0.2) is 87.5 Å². The predicted octanol–water partition coefficient (Wildman–Crippen LogP) is 17.4. The first kappa shape index (κ1) is 75.1. The third kappa shape index (κ3) is 48.2. The Bertz CT molecular complexity index is 1780. The zero-order valence-electron chi connectivity index (χ0n) is 51.2. The molecule has 1 heterocycles. The highest BCUT2D eigenvalue weighted by molar-refractivity contribution is 5.76. The second kappa shape index (κ2) is 59.2. The second-order valence-corrected chi connectivity index (χ2v) is 21.8. The lowest BCUT2D eigenvalue weighted by atomic mass is 9.99. The Labute approximate surface area is 495 Å². The van der Waals surface area contributed by atoms with E-state index in [1.165, 1.54) is 103 Å². The van der Waals surface area contributed by atoms with Crippen molar-refractivity contribution in [2.75, 3.05) is 13.2 Å². The van der Waals surface area contributed by atoms with Crippen molar-refractivity contribution in [1.29, 1.82) is 0 Å². The average Bonchev–Trinajstić information content (AvgIpc) is 3.48. The molecule has 7 atom stereocenters. The highest BCUT2D eigenvalue weighted by Gasteiger charge is 2.44. The van der Waals surface area contributed by atoms with Crippen LogP contribution in [0.2, 0.25) is 0 Å². The molecule has 81 heavy (non-hydrogen) atoms. The van der Waals surface area contributed by atoms with Gasteiger partial charge in [-0.2, -0.15) is 0 Å². The molecule has 7 unspecified atom stereocenters. The predicted molar refractivity (Wildman–Crippen MR) is 345 cm³/mol. The number of ether oxygens (including phenoxy) is 2. The highest BCUT2D eigenvalue weighted by atomic mass is 16.7. The number of aliphatic hydroxyl groups excluding tert-OH is 5. The largest absolute Gasteiger partial charge is 0.394 e. The van der Waals surface area contributed by atoms with Crippen molar-refractivity contribution in [2.24, 2.45) is 0 Å². The maximum absolute atomic E-state index is 13.1. The summed E-state index contributed by atoms with van der Waals surface area (Å²) in [6, 6.07) is -0.847. The molecule has 0 saturated carbocycles. The maximum atomic E-state index is 13.1. The van der Waals surface area contributed by atoms with Crippen LogP contribution in [0.1, 0.15) is 245 Å². The van der Waals surface area contributed by atoms with E-state index >= 15 is 0 Å². The van der Waals surface area contributed by atoms with Gasteiger partial charge in [0.2, 0.25) is 5.91 Å². The molecule has 9 heteroatoms. The molecule has 1 saturated heterocycles. The van der Waals surface area contributed by atoms with Crippen LogP contribution < -0.4 is 5.32 Å². The van der Waals surface area contributed by atoms with E-state index in [-0.39, 0.29) is 12.5 Å². The summed E-state index contributed by atoms with van der Waals surface area (Å²) in [6.45, 7) is 3.64. The van der Waals surface area contributed by atoms with Crippen molar-refractivity contribution in [3.05, 3.63) is 146 Å². The minimum atomic E-state index is -1.59. The summed E-state index contributed by atoms with van der Waals surface area (Å²) in [4.78, 5) is 13.1. The first-order chi connectivity index (χ1) is 39.8. The molecule has 1 amide bonds. The van der Waals surface area contributed by atoms with Gasteiger partial charge in [0.05, 0.1) is 25.4 Å². The molecular weight excluding hydrogens is 1010 g/mol. The van der Waals surface area contributed by atoms with Crippen molar-refractivity contribution in [3.8, 4) is 0 Å². The van der Waals surface area contributed by atoms with Crippen molar-refractivity contribution in [2.45, 2.75) is 288 Å². The fourth-order valence-electron chi connectivity index (χ4n) is 9.30. The number of amides is 1. The molecule has 1 rings (SSSR count). The van der Waals surface area contributed by atoms with Crippen LogP contribution in [0.3, 0.4) is 0 Å². The molecule has 1 aliphatic heterocycles. The number of unbranched alkanes of at least 4 members (excludes halogenated alkanes) is 22. The zero-order valence-corrected chi connectivity index (χ0v) is 51.2. The smallest absolute Gasteiger partial charge is 0.220 e. The van der Waals surface area contributed by atoms with Crippen LogP contribution in [0, 0.1) is 0 Å². The molecule has 0 aromatic heterocycles. The Morgan fingerprint density at radius 3 is 1.19 bits per heavy atom. The van der Waals surface area contributed by atoms with E-state index in [2.05, 4.69) is 153 Å². The van der Waals surface area contributed by atoms with Crippen LogP contribution in [0.5, 0.6) is 0 Å². The monoisotopic (exact) mass is 1130 g/mol. The molecule has 1 fully saturated rings. The van der Waals surface area contributed by atoms with Gasteiger partial charge >= 0.3 is 0 Å². The molecule has 1 aliphatic rings. The summed E-state index contributed by atoms with van der Waals surface area (Å²) >= 11 is 0. The highest BCUT2D eigenvalue weighted by Crippen LogP contribution is 2.23. The quantitative estimate of drug-likeness (QED) is 0.0261. The number of allylic oxidation sites excluding steroid dienone is 23. The first-order valence-corrected chi connectivity index (χ1v) is 32.6. The number of rotatable bonds is 54. The Morgan fingerprint density at radius 1 is 0.432 bits per heavy atom. The second-order valence-electron chi connectivity index (χ2n) is 21.8. The number of aliphatic hydroxyl groups is 5. The van der Waals surface area contributed by atoms with Crippen LogP contribution in [0.25, 0.3) is 0 Å². The minimum absolute atomic E-state index is 0.207. The van der Waals surface area contributed by atoms with E-state index in [4.69, 9.17) is 9.47 Å². The molecular formula is C72H119NO8. The zero-order chi connectivity index (χ0) is 58.6.